The molecule has 3 unspecified atom stereocenters. The molecule has 0 spiro atoms. The van der Waals surface area contributed by atoms with Gasteiger partial charge in [-0.25, -0.2) is 0 Å². The predicted molar refractivity (Wildman–Crippen MR) is 149 cm³/mol. The molecule has 0 aromatic rings. The predicted octanol–water partition coefficient (Wildman–Crippen LogP) is 8.50. The minimum atomic E-state index is -2.50. The van der Waals surface area contributed by atoms with E-state index < -0.39 is 40.3 Å². The van der Waals surface area contributed by atoms with Crippen molar-refractivity contribution in [2.24, 2.45) is 22.2 Å². The first kappa shape index (κ1) is 29.9. The molecule has 8 heteroatoms. The molecule has 0 aromatic carbocycles. The Balaban J connectivity index is 3.60. The summed E-state index contributed by atoms with van der Waals surface area (Å²) < 4.78 is 27.0. The molecule has 1 fully saturated rings. The lowest BCUT2D eigenvalue weighted by Gasteiger charge is -2.63. The van der Waals surface area contributed by atoms with Gasteiger partial charge in [0.1, 0.15) is 0 Å². The first-order chi connectivity index (χ1) is 13.3. The molecule has 4 nitrogen and oxygen atoms in total. The zero-order chi connectivity index (χ0) is 25.1. The highest BCUT2D eigenvalue weighted by Gasteiger charge is 2.52. The third kappa shape index (κ3) is 7.17. The monoisotopic (exact) mass is 516 g/mol. The van der Waals surface area contributed by atoms with Gasteiger partial charge in [0.2, 0.25) is 0 Å². The van der Waals surface area contributed by atoms with E-state index in [1.54, 1.807) is 0 Å². The molecular weight excluding hydrogens is 465 g/mol. The Morgan fingerprint density at radius 3 is 1.61 bits per heavy atom. The lowest BCUT2D eigenvalue weighted by atomic mass is 9.61. The van der Waals surface area contributed by atoms with Gasteiger partial charge in [0.15, 0.2) is 0 Å². The largest absolute Gasteiger partial charge is 0.378 e. The summed E-state index contributed by atoms with van der Waals surface area (Å²) >= 11 is 0. The molecule has 0 aromatic heterocycles. The maximum Gasteiger partial charge on any atom is 0.378 e. The first-order valence-corrected chi connectivity index (χ1v) is 20.4. The molecule has 1 rings (SSSR count). The Kier molecular flexibility index (Phi) is 8.49. The molecule has 0 saturated carbocycles. The molecule has 190 valence electrons. The highest BCUT2D eigenvalue weighted by atomic mass is 32.4. The van der Waals surface area contributed by atoms with E-state index in [1.807, 2.05) is 12.5 Å². The molecule has 3 atom stereocenters. The Morgan fingerprint density at radius 2 is 1.23 bits per heavy atom. The van der Waals surface area contributed by atoms with Gasteiger partial charge < -0.3 is 0 Å². The van der Waals surface area contributed by atoms with E-state index in [9.17, 15) is 0 Å². The fourth-order valence-electron chi connectivity index (χ4n) is 4.75. The van der Waals surface area contributed by atoms with Crippen molar-refractivity contribution in [3.8, 4) is 0 Å². The van der Waals surface area contributed by atoms with Crippen LogP contribution in [0.2, 0.25) is 13.1 Å². The second-order valence-corrected chi connectivity index (χ2v) is 24.8. The lowest BCUT2D eigenvalue weighted by Crippen LogP contribution is -2.48. The van der Waals surface area contributed by atoms with Crippen molar-refractivity contribution < 1.29 is 15.0 Å². The first-order valence-electron chi connectivity index (χ1n) is 11.0. The molecule has 1 aliphatic heterocycles. The van der Waals surface area contributed by atoms with Crippen LogP contribution in [-0.2, 0) is 15.0 Å². The van der Waals surface area contributed by atoms with E-state index in [0.717, 1.165) is 0 Å². The normalized spacial score (nSPS) is 33.0. The fraction of sp³-hybridized carbons (Fsp3) is 0.913. The van der Waals surface area contributed by atoms with Crippen molar-refractivity contribution in [2.75, 3.05) is 31.3 Å². The molecule has 1 heterocycles. The summed E-state index contributed by atoms with van der Waals surface area (Å²) in [6.07, 6.45) is 10.4. The summed E-state index contributed by atoms with van der Waals surface area (Å²) in [5, 5.41) is 0.135. The van der Waals surface area contributed by atoms with Crippen molar-refractivity contribution in [3.05, 3.63) is 12.2 Å². The molecular formula is C23H52O4S3Si. The Bertz CT molecular complexity index is 653. The smallest absolute Gasteiger partial charge is 0.293 e. The van der Waals surface area contributed by atoms with Gasteiger partial charge in [-0.3, -0.25) is 7.74 Å². The van der Waals surface area contributed by atoms with Crippen LogP contribution >= 0.6 is 31.8 Å². The third-order valence-corrected chi connectivity index (χ3v) is 19.6. The Hall–Kier alpha value is 0.847. The molecule has 0 aliphatic carbocycles. The van der Waals surface area contributed by atoms with E-state index in [1.165, 1.54) is 5.57 Å². The van der Waals surface area contributed by atoms with E-state index in [2.05, 4.69) is 101 Å². The van der Waals surface area contributed by atoms with Gasteiger partial charge in [-0.15, -0.1) is 0 Å². The van der Waals surface area contributed by atoms with Crippen LogP contribution in [0, 0.1) is 22.2 Å². The SMILES string of the molecule is C=C(C(C)C(C(C)(C)C)S1(C)O[Si](C)(C)OS(C)(C)OS(C)(C)O1)C(C)(C)C(C)(C)C. The van der Waals surface area contributed by atoms with Gasteiger partial charge in [0.25, 0.3) is 0 Å². The number of rotatable bonds is 4. The van der Waals surface area contributed by atoms with Crippen LogP contribution in [0.5, 0.6) is 0 Å². The maximum absolute atomic E-state index is 6.99. The van der Waals surface area contributed by atoms with Crippen molar-refractivity contribution in [1.82, 2.24) is 0 Å². The number of allylic oxidation sites excluding steroid dienone is 1. The molecule has 0 N–H and O–H groups in total. The summed E-state index contributed by atoms with van der Waals surface area (Å²) in [6.45, 7) is 29.6. The highest BCUT2D eigenvalue weighted by molar-refractivity contribution is 8.43. The van der Waals surface area contributed by atoms with Gasteiger partial charge in [0.05, 0.1) is 5.25 Å². The van der Waals surface area contributed by atoms with Crippen LogP contribution in [0.25, 0.3) is 0 Å². The standard InChI is InChI=1S/C23H52O4S3Si/c1-18(19(2)23(9,10)22(6,7)8)20(21(3,4)5)30(15)25-28(11,12)24-29(13,14)26-31(16,17)27-30/h18,20H,2H2,1,3-17H3. The molecule has 1 aliphatic rings. The van der Waals surface area contributed by atoms with E-state index in [4.69, 9.17) is 15.0 Å². The van der Waals surface area contributed by atoms with Crippen LogP contribution in [0.3, 0.4) is 0 Å². The molecule has 31 heavy (non-hydrogen) atoms. The molecule has 1 saturated heterocycles. The van der Waals surface area contributed by atoms with Crippen LogP contribution in [-0.4, -0.2) is 45.1 Å². The van der Waals surface area contributed by atoms with Crippen LogP contribution in [0.15, 0.2) is 12.2 Å². The zero-order valence-electron chi connectivity index (χ0n) is 23.2. The summed E-state index contributed by atoms with van der Waals surface area (Å²) in [7, 11) is -8.04. The Morgan fingerprint density at radius 1 is 0.774 bits per heavy atom. The van der Waals surface area contributed by atoms with Gasteiger partial charge in [-0.1, -0.05) is 74.5 Å². The third-order valence-electron chi connectivity index (χ3n) is 6.39. The quantitative estimate of drug-likeness (QED) is 0.277. The zero-order valence-corrected chi connectivity index (χ0v) is 26.7. The molecule has 0 bridgehead atoms. The molecule has 0 radical (unpaired) electrons. The second kappa shape index (κ2) is 8.81. The van der Waals surface area contributed by atoms with E-state index >= 15 is 0 Å². The van der Waals surface area contributed by atoms with Crippen LogP contribution in [0.1, 0.15) is 62.3 Å². The summed E-state index contributed by atoms with van der Waals surface area (Å²) in [4.78, 5) is 0. The molecule has 0 amide bonds. The van der Waals surface area contributed by atoms with Gasteiger partial charge >= 0.3 is 8.56 Å². The second-order valence-electron chi connectivity index (χ2n) is 12.8. The Labute approximate surface area is 201 Å². The van der Waals surface area contributed by atoms with Crippen LogP contribution < -0.4 is 0 Å². The summed E-state index contributed by atoms with van der Waals surface area (Å²) in [5.41, 5.74) is 1.25. The van der Waals surface area contributed by atoms with E-state index in [-0.39, 0.29) is 27.4 Å². The summed E-state index contributed by atoms with van der Waals surface area (Å²) in [6, 6.07) is 0. The fourth-order valence-corrected chi connectivity index (χ4v) is 21.9. The van der Waals surface area contributed by atoms with E-state index in [0.29, 0.717) is 0 Å². The maximum atomic E-state index is 6.99. The van der Waals surface area contributed by atoms with Crippen molar-refractivity contribution in [3.63, 3.8) is 0 Å². The number of hydrogen-bond acceptors (Lipinski definition) is 4. The lowest BCUT2D eigenvalue weighted by molar-refractivity contribution is 0.154. The van der Waals surface area contributed by atoms with Gasteiger partial charge in [-0.2, -0.15) is 39.0 Å². The van der Waals surface area contributed by atoms with Crippen molar-refractivity contribution in [1.29, 1.82) is 0 Å². The van der Waals surface area contributed by atoms with Gasteiger partial charge in [-0.05, 0) is 35.3 Å². The van der Waals surface area contributed by atoms with Crippen molar-refractivity contribution >= 4 is 40.3 Å². The topological polar surface area (TPSA) is 36.9 Å². The average Bonchev–Trinajstić information content (AvgIpc) is 2.37. The summed E-state index contributed by atoms with van der Waals surface area (Å²) in [5.74, 6) is 0.203. The van der Waals surface area contributed by atoms with Gasteiger partial charge in [0, 0.05) is 31.3 Å². The minimum Gasteiger partial charge on any atom is -0.293 e. The van der Waals surface area contributed by atoms with Crippen LogP contribution in [0.4, 0.5) is 0 Å². The highest BCUT2D eigenvalue weighted by Crippen LogP contribution is 2.74. The number of hydrogen-bond donors (Lipinski definition) is 0. The minimum absolute atomic E-state index is 0.0399. The average molecular weight is 517 g/mol. The van der Waals surface area contributed by atoms with Crippen molar-refractivity contribution in [2.45, 2.75) is 80.7 Å².